The molecule has 0 bridgehead atoms. The van der Waals surface area contributed by atoms with Gasteiger partial charge in [0.15, 0.2) is 0 Å². The van der Waals surface area contributed by atoms with Crippen molar-refractivity contribution in [1.82, 2.24) is 5.32 Å². The van der Waals surface area contributed by atoms with Crippen molar-refractivity contribution in [2.75, 3.05) is 7.05 Å². The Morgan fingerprint density at radius 1 is 1.50 bits per heavy atom. The minimum absolute atomic E-state index is 0. The average Bonchev–Trinajstić information content (AvgIpc) is 1.81. The maximum Gasteiger partial charge on any atom is 0.252 e. The number of amides is 1. The smallest absolute Gasteiger partial charge is 0.252 e. The molecule has 6 heteroatoms. The number of halogens is 3. The second-order valence-electron chi connectivity index (χ2n) is 2.94. The van der Waals surface area contributed by atoms with Gasteiger partial charge in [-0.05, 0) is 0 Å². The first-order valence-corrected chi connectivity index (χ1v) is 3.28. The molecule has 0 radical (unpaired) electrons. The molecule has 12 heavy (non-hydrogen) atoms. The highest BCUT2D eigenvalue weighted by atomic mass is 35.5. The zero-order valence-electron chi connectivity index (χ0n) is 6.56. The van der Waals surface area contributed by atoms with Gasteiger partial charge in [0.05, 0.1) is 0 Å². The molecule has 0 aromatic heterocycles. The standard InChI is InChI=1S/C6H10F2N2O.ClH/c1-10-4(11)5(9)2-6(7,8)3-5;/h2-3,9H2,1H3,(H,10,11);1H. The van der Waals surface area contributed by atoms with E-state index >= 15 is 0 Å². The number of rotatable bonds is 1. The summed E-state index contributed by atoms with van der Waals surface area (Å²) in [6.07, 6.45) is -1.08. The van der Waals surface area contributed by atoms with Gasteiger partial charge in [-0.1, -0.05) is 0 Å². The molecule has 72 valence electrons. The molecule has 0 atom stereocenters. The normalized spacial score (nSPS) is 23.3. The molecular formula is C6H11ClF2N2O. The van der Waals surface area contributed by atoms with Gasteiger partial charge in [0.25, 0.3) is 5.92 Å². The van der Waals surface area contributed by atoms with E-state index in [1.54, 1.807) is 0 Å². The second-order valence-corrected chi connectivity index (χ2v) is 2.94. The number of nitrogens with one attached hydrogen (secondary N) is 1. The first-order chi connectivity index (χ1) is 4.90. The molecule has 0 unspecified atom stereocenters. The number of carbonyl (C=O) groups is 1. The lowest BCUT2D eigenvalue weighted by Crippen LogP contribution is -2.65. The molecule has 0 aliphatic heterocycles. The van der Waals surface area contributed by atoms with E-state index in [0.29, 0.717) is 0 Å². The van der Waals surface area contributed by atoms with Crippen LogP contribution in [0.2, 0.25) is 0 Å². The number of hydrogen-bond donors (Lipinski definition) is 2. The summed E-state index contributed by atoms with van der Waals surface area (Å²) in [6.45, 7) is 0. The lowest BCUT2D eigenvalue weighted by molar-refractivity contribution is -0.155. The van der Waals surface area contributed by atoms with Crippen LogP contribution in [0, 0.1) is 0 Å². The molecule has 0 heterocycles. The fraction of sp³-hybridized carbons (Fsp3) is 0.833. The predicted octanol–water partition coefficient (Wildman–Crippen LogP) is 0.281. The van der Waals surface area contributed by atoms with Crippen LogP contribution in [0.5, 0.6) is 0 Å². The van der Waals surface area contributed by atoms with Crippen molar-refractivity contribution < 1.29 is 13.6 Å². The molecule has 1 aliphatic rings. The second kappa shape index (κ2) is 3.14. The number of likely N-dealkylation sites (N-methyl/N-ethyl adjacent to an activating group) is 1. The molecule has 0 aromatic rings. The molecule has 1 rings (SSSR count). The van der Waals surface area contributed by atoms with E-state index in [2.05, 4.69) is 5.32 Å². The minimum Gasteiger partial charge on any atom is -0.358 e. The van der Waals surface area contributed by atoms with Gasteiger partial charge in [-0.15, -0.1) is 12.4 Å². The minimum atomic E-state index is -2.75. The van der Waals surface area contributed by atoms with E-state index in [-0.39, 0.29) is 12.4 Å². The van der Waals surface area contributed by atoms with Crippen LogP contribution in [0.15, 0.2) is 0 Å². The van der Waals surface area contributed by atoms with E-state index in [4.69, 9.17) is 5.73 Å². The zero-order valence-corrected chi connectivity index (χ0v) is 7.38. The molecule has 1 aliphatic carbocycles. The summed E-state index contributed by atoms with van der Waals surface area (Å²) >= 11 is 0. The predicted molar refractivity (Wildman–Crippen MR) is 42.4 cm³/mol. The van der Waals surface area contributed by atoms with Crippen molar-refractivity contribution in [2.45, 2.75) is 24.3 Å². The van der Waals surface area contributed by atoms with Crippen molar-refractivity contribution in [3.8, 4) is 0 Å². The summed E-state index contributed by atoms with van der Waals surface area (Å²) in [5.74, 6) is -3.26. The van der Waals surface area contributed by atoms with E-state index < -0.39 is 30.2 Å². The Bertz CT molecular complexity index is 190. The average molecular weight is 201 g/mol. The first kappa shape index (κ1) is 11.6. The van der Waals surface area contributed by atoms with Crippen molar-refractivity contribution in [3.63, 3.8) is 0 Å². The van der Waals surface area contributed by atoms with Gasteiger partial charge in [0.2, 0.25) is 5.91 Å². The third-order valence-electron chi connectivity index (χ3n) is 1.83. The van der Waals surface area contributed by atoms with Crippen molar-refractivity contribution in [1.29, 1.82) is 0 Å². The molecule has 1 saturated carbocycles. The lowest BCUT2D eigenvalue weighted by Gasteiger charge is -2.42. The Labute approximate surface area is 75.1 Å². The SMILES string of the molecule is CNC(=O)C1(N)CC(F)(F)C1.Cl. The monoisotopic (exact) mass is 200 g/mol. The van der Waals surface area contributed by atoms with Gasteiger partial charge in [-0.3, -0.25) is 4.79 Å². The van der Waals surface area contributed by atoms with Gasteiger partial charge < -0.3 is 11.1 Å². The molecule has 0 spiro atoms. The molecule has 3 nitrogen and oxygen atoms in total. The van der Waals surface area contributed by atoms with Gasteiger partial charge in [-0.2, -0.15) is 0 Å². The van der Waals surface area contributed by atoms with Crippen LogP contribution in [0.4, 0.5) is 8.78 Å². The van der Waals surface area contributed by atoms with Crippen LogP contribution in [0.25, 0.3) is 0 Å². The van der Waals surface area contributed by atoms with Crippen molar-refractivity contribution in [2.24, 2.45) is 5.73 Å². The van der Waals surface area contributed by atoms with Gasteiger partial charge in [-0.25, -0.2) is 8.78 Å². The summed E-state index contributed by atoms with van der Waals surface area (Å²) in [5.41, 5.74) is 4.01. The Balaban J connectivity index is 0.00000121. The van der Waals surface area contributed by atoms with E-state index in [1.165, 1.54) is 7.05 Å². The summed E-state index contributed by atoms with van der Waals surface area (Å²) in [5, 5.41) is 2.25. The van der Waals surface area contributed by atoms with Gasteiger partial charge in [0, 0.05) is 19.9 Å². The van der Waals surface area contributed by atoms with Gasteiger partial charge >= 0.3 is 0 Å². The Morgan fingerprint density at radius 3 is 2.17 bits per heavy atom. The largest absolute Gasteiger partial charge is 0.358 e. The number of hydrogen-bond acceptors (Lipinski definition) is 2. The quantitative estimate of drug-likeness (QED) is 0.639. The lowest BCUT2D eigenvalue weighted by atomic mass is 9.73. The topological polar surface area (TPSA) is 55.1 Å². The molecule has 0 aromatic carbocycles. The van der Waals surface area contributed by atoms with E-state index in [9.17, 15) is 13.6 Å². The van der Waals surface area contributed by atoms with Crippen LogP contribution in [0.1, 0.15) is 12.8 Å². The summed E-state index contributed by atoms with van der Waals surface area (Å²) in [4.78, 5) is 10.8. The number of carbonyl (C=O) groups excluding carboxylic acids is 1. The Kier molecular flexibility index (Phi) is 3.03. The maximum absolute atomic E-state index is 12.3. The zero-order chi connectivity index (χ0) is 8.70. The molecular weight excluding hydrogens is 190 g/mol. The van der Waals surface area contributed by atoms with Crippen molar-refractivity contribution in [3.05, 3.63) is 0 Å². The Hall–Kier alpha value is -0.420. The highest BCUT2D eigenvalue weighted by Gasteiger charge is 2.58. The number of nitrogens with two attached hydrogens (primary N) is 1. The summed E-state index contributed by atoms with van der Waals surface area (Å²) in [7, 11) is 1.38. The third-order valence-corrected chi connectivity index (χ3v) is 1.83. The van der Waals surface area contributed by atoms with Gasteiger partial charge in [0.1, 0.15) is 5.54 Å². The van der Waals surface area contributed by atoms with Crippen LogP contribution in [-0.2, 0) is 4.79 Å². The van der Waals surface area contributed by atoms with Crippen LogP contribution >= 0.6 is 12.4 Å². The molecule has 0 saturated heterocycles. The van der Waals surface area contributed by atoms with E-state index in [0.717, 1.165) is 0 Å². The van der Waals surface area contributed by atoms with Crippen LogP contribution in [0.3, 0.4) is 0 Å². The highest BCUT2D eigenvalue weighted by Crippen LogP contribution is 2.43. The van der Waals surface area contributed by atoms with Crippen LogP contribution < -0.4 is 11.1 Å². The Morgan fingerprint density at radius 2 is 1.92 bits per heavy atom. The molecule has 3 N–H and O–H groups in total. The first-order valence-electron chi connectivity index (χ1n) is 3.28. The molecule has 1 amide bonds. The maximum atomic E-state index is 12.3. The van der Waals surface area contributed by atoms with E-state index in [1.807, 2.05) is 0 Å². The third kappa shape index (κ3) is 1.84. The van der Waals surface area contributed by atoms with Crippen LogP contribution in [-0.4, -0.2) is 24.4 Å². The summed E-state index contributed by atoms with van der Waals surface area (Å²) < 4.78 is 24.5. The molecule has 1 fully saturated rings. The summed E-state index contributed by atoms with van der Waals surface area (Å²) in [6, 6.07) is 0. The number of alkyl halides is 2. The fourth-order valence-corrected chi connectivity index (χ4v) is 1.28. The van der Waals surface area contributed by atoms with Crippen molar-refractivity contribution >= 4 is 18.3 Å². The fourth-order valence-electron chi connectivity index (χ4n) is 1.28. The highest BCUT2D eigenvalue weighted by molar-refractivity contribution is 5.87.